The maximum atomic E-state index is 13.6. The summed E-state index contributed by atoms with van der Waals surface area (Å²) >= 11 is 3.20. The summed E-state index contributed by atoms with van der Waals surface area (Å²) < 4.78 is 18.9. The lowest BCUT2D eigenvalue weighted by Gasteiger charge is -2.19. The summed E-state index contributed by atoms with van der Waals surface area (Å²) in [5, 5.41) is 0. The minimum absolute atomic E-state index is 0.169. The Hall–Kier alpha value is -0.940. The molecule has 0 heterocycles. The van der Waals surface area contributed by atoms with E-state index in [0.29, 0.717) is 23.1 Å². The van der Waals surface area contributed by atoms with Gasteiger partial charge in [-0.2, -0.15) is 0 Å². The molecular weight excluding hydrogens is 289 g/mol. The van der Waals surface area contributed by atoms with Gasteiger partial charge in [-0.3, -0.25) is 9.69 Å². The van der Waals surface area contributed by atoms with E-state index in [4.69, 9.17) is 0 Å². The highest BCUT2D eigenvalue weighted by molar-refractivity contribution is 9.10. The van der Waals surface area contributed by atoms with Gasteiger partial charge in [0.15, 0.2) is 0 Å². The molecule has 0 radical (unpaired) electrons. The Morgan fingerprint density at radius 1 is 1.53 bits per heavy atom. The minimum Gasteiger partial charge on any atom is -0.468 e. The number of methoxy groups -OCH3 is 1. The Kier molecular flexibility index (Phi) is 5.58. The quantitative estimate of drug-likeness (QED) is 0.783. The summed E-state index contributed by atoms with van der Waals surface area (Å²) in [5.41, 5.74) is 0.568. The van der Waals surface area contributed by atoms with Gasteiger partial charge >= 0.3 is 5.97 Å². The SMILES string of the molecule is CCN(CC(=O)OC)Cc1ccc(Br)cc1F. The fourth-order valence-electron chi connectivity index (χ4n) is 1.42. The zero-order chi connectivity index (χ0) is 12.8. The normalized spacial score (nSPS) is 10.6. The number of esters is 1. The van der Waals surface area contributed by atoms with Gasteiger partial charge in [-0.15, -0.1) is 0 Å². The van der Waals surface area contributed by atoms with Crippen LogP contribution in [0.15, 0.2) is 22.7 Å². The molecule has 0 aromatic heterocycles. The third-order valence-electron chi connectivity index (χ3n) is 2.44. The van der Waals surface area contributed by atoms with E-state index in [0.717, 1.165) is 0 Å². The lowest BCUT2D eigenvalue weighted by atomic mass is 10.2. The second kappa shape index (κ2) is 6.71. The van der Waals surface area contributed by atoms with E-state index in [1.54, 1.807) is 12.1 Å². The third kappa shape index (κ3) is 4.44. The number of rotatable bonds is 5. The first kappa shape index (κ1) is 14.1. The first-order chi connectivity index (χ1) is 8.06. The second-order valence-electron chi connectivity index (χ2n) is 3.62. The van der Waals surface area contributed by atoms with E-state index in [9.17, 15) is 9.18 Å². The lowest BCUT2D eigenvalue weighted by Crippen LogP contribution is -2.30. The maximum Gasteiger partial charge on any atom is 0.319 e. The van der Waals surface area contributed by atoms with Gasteiger partial charge in [0.25, 0.3) is 0 Å². The van der Waals surface area contributed by atoms with Crippen molar-refractivity contribution in [2.75, 3.05) is 20.2 Å². The Morgan fingerprint density at radius 2 is 2.24 bits per heavy atom. The summed E-state index contributed by atoms with van der Waals surface area (Å²) in [5.74, 6) is -0.591. The van der Waals surface area contributed by atoms with Crippen LogP contribution in [0, 0.1) is 5.82 Å². The molecular formula is C12H15BrFNO2. The topological polar surface area (TPSA) is 29.5 Å². The highest BCUT2D eigenvalue weighted by atomic mass is 79.9. The van der Waals surface area contributed by atoms with E-state index in [-0.39, 0.29) is 18.3 Å². The molecule has 0 saturated heterocycles. The highest BCUT2D eigenvalue weighted by Crippen LogP contribution is 2.16. The predicted octanol–water partition coefficient (Wildman–Crippen LogP) is 2.58. The van der Waals surface area contributed by atoms with Crippen LogP contribution >= 0.6 is 15.9 Å². The second-order valence-corrected chi connectivity index (χ2v) is 4.53. The molecule has 1 aromatic rings. The molecule has 0 spiro atoms. The molecule has 0 atom stereocenters. The number of benzene rings is 1. The van der Waals surface area contributed by atoms with E-state index >= 15 is 0 Å². The number of nitrogens with zero attached hydrogens (tertiary/aromatic N) is 1. The van der Waals surface area contributed by atoms with Gasteiger partial charge in [0, 0.05) is 16.6 Å². The largest absolute Gasteiger partial charge is 0.468 e. The van der Waals surface area contributed by atoms with Gasteiger partial charge in [0.2, 0.25) is 0 Å². The van der Waals surface area contributed by atoms with Gasteiger partial charge < -0.3 is 4.74 Å². The van der Waals surface area contributed by atoms with Crippen LogP contribution in [0.3, 0.4) is 0 Å². The molecule has 17 heavy (non-hydrogen) atoms. The molecule has 0 aliphatic rings. The average molecular weight is 304 g/mol. The van der Waals surface area contributed by atoms with Crippen LogP contribution in [-0.2, 0) is 16.1 Å². The van der Waals surface area contributed by atoms with Gasteiger partial charge in [0.05, 0.1) is 13.7 Å². The molecule has 0 saturated carbocycles. The molecule has 0 aliphatic carbocycles. The van der Waals surface area contributed by atoms with E-state index < -0.39 is 0 Å². The number of carbonyl (C=O) groups excluding carboxylic acids is 1. The van der Waals surface area contributed by atoms with Crippen LogP contribution in [0.4, 0.5) is 4.39 Å². The van der Waals surface area contributed by atoms with E-state index in [1.807, 2.05) is 11.8 Å². The van der Waals surface area contributed by atoms with Crippen molar-refractivity contribution in [3.63, 3.8) is 0 Å². The summed E-state index contributed by atoms with van der Waals surface area (Å²) in [6.07, 6.45) is 0. The van der Waals surface area contributed by atoms with Crippen LogP contribution < -0.4 is 0 Å². The Balaban J connectivity index is 2.70. The van der Waals surface area contributed by atoms with Gasteiger partial charge in [-0.05, 0) is 18.7 Å². The first-order valence-corrected chi connectivity index (χ1v) is 6.09. The van der Waals surface area contributed by atoms with Crippen molar-refractivity contribution >= 4 is 21.9 Å². The summed E-state index contributed by atoms with van der Waals surface area (Å²) in [7, 11) is 1.34. The average Bonchev–Trinajstić information content (AvgIpc) is 2.31. The van der Waals surface area contributed by atoms with Crippen LogP contribution in [-0.4, -0.2) is 31.1 Å². The number of hydrogen-bond acceptors (Lipinski definition) is 3. The van der Waals surface area contributed by atoms with Crippen LogP contribution in [0.25, 0.3) is 0 Å². The monoisotopic (exact) mass is 303 g/mol. The van der Waals surface area contributed by atoms with Crippen LogP contribution in [0.1, 0.15) is 12.5 Å². The number of halogens is 2. The first-order valence-electron chi connectivity index (χ1n) is 5.30. The molecule has 94 valence electrons. The Labute approximate surface area is 109 Å². The van der Waals surface area contributed by atoms with Gasteiger partial charge in [-0.1, -0.05) is 28.9 Å². The lowest BCUT2D eigenvalue weighted by molar-refractivity contribution is -0.142. The van der Waals surface area contributed by atoms with Crippen molar-refractivity contribution in [2.45, 2.75) is 13.5 Å². The zero-order valence-corrected chi connectivity index (χ0v) is 11.5. The number of likely N-dealkylation sites (N-methyl/N-ethyl adjacent to an activating group) is 1. The fourth-order valence-corrected chi connectivity index (χ4v) is 1.75. The maximum absolute atomic E-state index is 13.6. The summed E-state index contributed by atoms with van der Waals surface area (Å²) in [4.78, 5) is 13.0. The van der Waals surface area contributed by atoms with Crippen molar-refractivity contribution in [1.29, 1.82) is 0 Å². The molecule has 0 bridgehead atoms. The van der Waals surface area contributed by atoms with Gasteiger partial charge in [-0.25, -0.2) is 4.39 Å². The van der Waals surface area contributed by atoms with Crippen molar-refractivity contribution in [3.8, 4) is 0 Å². The molecule has 0 amide bonds. The Bertz CT molecular complexity index is 398. The van der Waals surface area contributed by atoms with E-state index in [2.05, 4.69) is 20.7 Å². The number of ether oxygens (including phenoxy) is 1. The molecule has 0 N–H and O–H groups in total. The fraction of sp³-hybridized carbons (Fsp3) is 0.417. The molecule has 0 aliphatic heterocycles. The molecule has 1 aromatic carbocycles. The van der Waals surface area contributed by atoms with E-state index in [1.165, 1.54) is 13.2 Å². The highest BCUT2D eigenvalue weighted by Gasteiger charge is 2.12. The third-order valence-corrected chi connectivity index (χ3v) is 2.93. The van der Waals surface area contributed by atoms with Gasteiger partial charge in [0.1, 0.15) is 5.82 Å². The zero-order valence-electron chi connectivity index (χ0n) is 9.87. The molecule has 1 rings (SSSR count). The van der Waals surface area contributed by atoms with Crippen molar-refractivity contribution < 1.29 is 13.9 Å². The van der Waals surface area contributed by atoms with Crippen molar-refractivity contribution in [3.05, 3.63) is 34.1 Å². The predicted molar refractivity (Wildman–Crippen MR) is 67.1 cm³/mol. The van der Waals surface area contributed by atoms with Crippen LogP contribution in [0.5, 0.6) is 0 Å². The number of carbonyl (C=O) groups is 1. The number of hydrogen-bond donors (Lipinski definition) is 0. The molecule has 3 nitrogen and oxygen atoms in total. The Morgan fingerprint density at radius 3 is 2.76 bits per heavy atom. The minimum atomic E-state index is -0.315. The smallest absolute Gasteiger partial charge is 0.319 e. The summed E-state index contributed by atoms with van der Waals surface area (Å²) in [6, 6.07) is 4.91. The van der Waals surface area contributed by atoms with Crippen molar-refractivity contribution in [1.82, 2.24) is 4.90 Å². The standard InChI is InChI=1S/C12H15BrFNO2/c1-3-15(8-12(16)17-2)7-9-4-5-10(13)6-11(9)14/h4-6H,3,7-8H2,1-2H3. The molecule has 5 heteroatoms. The molecule has 0 unspecified atom stereocenters. The summed E-state index contributed by atoms with van der Waals surface area (Å²) in [6.45, 7) is 3.14. The molecule has 0 fully saturated rings. The van der Waals surface area contributed by atoms with Crippen LogP contribution in [0.2, 0.25) is 0 Å². The van der Waals surface area contributed by atoms with Crippen molar-refractivity contribution in [2.24, 2.45) is 0 Å².